The Kier molecular flexibility index (Phi) is 8.53. The largest absolute Gasteiger partial charge is 0.477 e. The summed E-state index contributed by atoms with van der Waals surface area (Å²) in [6, 6.07) is -0.287. The summed E-state index contributed by atoms with van der Waals surface area (Å²) in [6.07, 6.45) is 4.95. The number of allylic oxidation sites excluding steroid dienone is 2. The van der Waals surface area contributed by atoms with Crippen LogP contribution in [-0.4, -0.2) is 65.0 Å². The fourth-order valence-corrected chi connectivity index (χ4v) is 4.96. The molecule has 0 bridgehead atoms. The van der Waals surface area contributed by atoms with Crippen LogP contribution in [-0.2, 0) is 4.74 Å². The van der Waals surface area contributed by atoms with E-state index in [0.717, 1.165) is 11.3 Å². The van der Waals surface area contributed by atoms with Gasteiger partial charge in [0.2, 0.25) is 0 Å². The van der Waals surface area contributed by atoms with Gasteiger partial charge >= 0.3 is 5.97 Å². The van der Waals surface area contributed by atoms with Crippen molar-refractivity contribution in [1.29, 1.82) is 0 Å². The Bertz CT molecular complexity index is 1160. The summed E-state index contributed by atoms with van der Waals surface area (Å²) < 4.78 is 5.64. The predicted molar refractivity (Wildman–Crippen MR) is 135 cm³/mol. The van der Waals surface area contributed by atoms with E-state index >= 15 is 0 Å². The molecule has 0 aliphatic carbocycles. The number of amides is 1. The third-order valence-electron chi connectivity index (χ3n) is 5.34. The highest BCUT2D eigenvalue weighted by Crippen LogP contribution is 2.31. The lowest BCUT2D eigenvalue weighted by Crippen LogP contribution is -2.55. The average Bonchev–Trinajstić information content (AvgIpc) is 3.37. The van der Waals surface area contributed by atoms with E-state index in [1.165, 1.54) is 6.08 Å². The van der Waals surface area contributed by atoms with Crippen molar-refractivity contribution in [2.24, 2.45) is 4.99 Å². The monoisotopic (exact) mass is 525 g/mol. The van der Waals surface area contributed by atoms with Gasteiger partial charge in [-0.2, -0.15) is 0 Å². The first-order valence-corrected chi connectivity index (χ1v) is 12.0. The van der Waals surface area contributed by atoms with Gasteiger partial charge in [-0.1, -0.05) is 47.2 Å². The van der Waals surface area contributed by atoms with Gasteiger partial charge in [0.15, 0.2) is 5.13 Å². The molecule has 34 heavy (non-hydrogen) atoms. The maximum absolute atomic E-state index is 12.8. The van der Waals surface area contributed by atoms with Crippen LogP contribution in [0.15, 0.2) is 29.9 Å². The summed E-state index contributed by atoms with van der Waals surface area (Å²) in [4.78, 5) is 38.3. The first-order valence-electron chi connectivity index (χ1n) is 10.4. The Morgan fingerprint density at radius 1 is 1.41 bits per heavy atom. The van der Waals surface area contributed by atoms with Crippen molar-refractivity contribution < 1.29 is 19.4 Å². The van der Waals surface area contributed by atoms with Crippen molar-refractivity contribution in [2.45, 2.75) is 32.4 Å². The molecule has 12 heteroatoms. The molecule has 3 N–H and O–H groups in total. The molecule has 9 nitrogen and oxygen atoms in total. The van der Waals surface area contributed by atoms with Gasteiger partial charge in [-0.05, 0) is 26.3 Å². The third-order valence-corrected chi connectivity index (χ3v) is 7.39. The van der Waals surface area contributed by atoms with E-state index in [-0.39, 0.29) is 39.3 Å². The Morgan fingerprint density at radius 2 is 2.15 bits per heavy atom. The molecule has 2 atom stereocenters. The molecule has 1 aliphatic heterocycles. The lowest BCUT2D eigenvalue weighted by Gasteiger charge is -2.37. The summed E-state index contributed by atoms with van der Waals surface area (Å²) in [5.41, 5.74) is 1.45. The molecular weight excluding hydrogens is 501 g/mol. The molecule has 3 heterocycles. The Hall–Kier alpha value is -2.66. The predicted octanol–water partition coefficient (Wildman–Crippen LogP) is 4.32. The van der Waals surface area contributed by atoms with Crippen LogP contribution in [0.3, 0.4) is 0 Å². The van der Waals surface area contributed by atoms with E-state index < -0.39 is 5.97 Å². The summed E-state index contributed by atoms with van der Waals surface area (Å²) >= 11 is 13.3. The molecule has 0 spiro atoms. The fraction of sp³-hybridized carbons (Fsp3) is 0.364. The number of thiazole rings is 1. The number of carboxylic acid groups (broad SMARTS) is 1. The quantitative estimate of drug-likeness (QED) is 0.441. The smallest absolute Gasteiger partial charge is 0.348 e. The van der Waals surface area contributed by atoms with Crippen LogP contribution in [0, 0.1) is 6.92 Å². The van der Waals surface area contributed by atoms with Crippen molar-refractivity contribution in [1.82, 2.24) is 15.3 Å². The summed E-state index contributed by atoms with van der Waals surface area (Å²) in [5.74, 6) is -1.46. The van der Waals surface area contributed by atoms with Gasteiger partial charge in [-0.25, -0.2) is 9.78 Å². The first kappa shape index (κ1) is 26.0. The molecular formula is C22H25Cl2N5O4S. The molecule has 1 fully saturated rings. The van der Waals surface area contributed by atoms with E-state index in [0.29, 0.717) is 41.1 Å². The number of aromatic carboxylic acids is 1. The van der Waals surface area contributed by atoms with E-state index in [9.17, 15) is 14.7 Å². The zero-order valence-corrected chi connectivity index (χ0v) is 21.2. The standard InChI is InChI=1S/C22H25Cl2N5O4S/c1-5-8-25-12(6-2)17-19(21(31)32)34-22(28-17)29-9-7-13(14(10-29)33-4)27-20(30)18-16(24)15(23)11(3)26-18/h5-6,8,13-14,26H,2,7,9-10H2,1,3-4H3,(H,27,30)(H,31,32)/b8-5-,25-12+/t13-,14+/m1/s1. The molecule has 1 saturated heterocycles. The SMILES string of the molecule is C=C/C(=N\C=C/C)c1nc(N2CC[C@@H](NC(=O)c3[nH]c(C)c(Cl)c3Cl)[C@@H](OC)C2)sc1C(=O)O. The highest BCUT2D eigenvalue weighted by Gasteiger charge is 2.34. The van der Waals surface area contributed by atoms with Crippen LogP contribution >= 0.6 is 34.5 Å². The highest BCUT2D eigenvalue weighted by atomic mass is 35.5. The molecule has 0 radical (unpaired) electrons. The van der Waals surface area contributed by atoms with Gasteiger partial charge in [0.05, 0.1) is 27.9 Å². The average molecular weight is 526 g/mol. The zero-order chi connectivity index (χ0) is 25.0. The topological polar surface area (TPSA) is 120 Å². The number of H-pyrrole nitrogens is 1. The second kappa shape index (κ2) is 11.2. The summed E-state index contributed by atoms with van der Waals surface area (Å²) in [7, 11) is 1.56. The Morgan fingerprint density at radius 3 is 2.71 bits per heavy atom. The van der Waals surface area contributed by atoms with Gasteiger partial charge in [0.1, 0.15) is 16.3 Å². The van der Waals surface area contributed by atoms with Crippen molar-refractivity contribution in [3.63, 3.8) is 0 Å². The minimum absolute atomic E-state index is 0.0798. The lowest BCUT2D eigenvalue weighted by molar-refractivity contribution is 0.0540. The maximum Gasteiger partial charge on any atom is 0.348 e. The fourth-order valence-electron chi connectivity index (χ4n) is 3.59. The molecule has 182 valence electrons. The number of methoxy groups -OCH3 is 1. The zero-order valence-electron chi connectivity index (χ0n) is 18.9. The van der Waals surface area contributed by atoms with Gasteiger partial charge in [-0.15, -0.1) is 0 Å². The van der Waals surface area contributed by atoms with Crippen molar-refractivity contribution >= 4 is 57.3 Å². The number of carbonyl (C=O) groups is 2. The normalized spacial score (nSPS) is 19.0. The van der Waals surface area contributed by atoms with E-state index in [1.54, 1.807) is 26.3 Å². The molecule has 1 aliphatic rings. The number of anilines is 1. The minimum atomic E-state index is -1.09. The molecule has 0 unspecified atom stereocenters. The number of ether oxygens (including phenoxy) is 1. The Labute approximate surface area is 211 Å². The second-order valence-electron chi connectivity index (χ2n) is 7.52. The molecule has 0 aromatic carbocycles. The van der Waals surface area contributed by atoms with E-state index in [4.69, 9.17) is 27.9 Å². The number of hydrogen-bond acceptors (Lipinski definition) is 7. The number of rotatable bonds is 8. The van der Waals surface area contributed by atoms with E-state index in [2.05, 4.69) is 26.9 Å². The number of aliphatic imine (C=N–C) groups is 1. The number of carbonyl (C=O) groups excluding carboxylic acids is 1. The number of carboxylic acids is 1. The number of aromatic amines is 1. The molecule has 1 amide bonds. The van der Waals surface area contributed by atoms with Gasteiger partial charge in [0.25, 0.3) is 5.91 Å². The van der Waals surface area contributed by atoms with Crippen molar-refractivity contribution in [3.8, 4) is 0 Å². The van der Waals surface area contributed by atoms with Gasteiger partial charge in [-0.3, -0.25) is 9.79 Å². The van der Waals surface area contributed by atoms with Crippen LogP contribution in [0.4, 0.5) is 5.13 Å². The summed E-state index contributed by atoms with van der Waals surface area (Å²) in [6.45, 7) is 8.20. The van der Waals surface area contributed by atoms with Crippen molar-refractivity contribution in [3.05, 3.63) is 56.9 Å². The summed E-state index contributed by atoms with van der Waals surface area (Å²) in [5, 5.41) is 13.7. The molecule has 0 saturated carbocycles. The number of nitrogens with zero attached hydrogens (tertiary/aromatic N) is 3. The first-order chi connectivity index (χ1) is 16.2. The number of nitrogens with one attached hydrogen (secondary N) is 2. The van der Waals surface area contributed by atoms with Crippen LogP contribution in [0.5, 0.6) is 0 Å². The maximum atomic E-state index is 12.8. The number of aromatic nitrogens is 2. The number of halogens is 2. The van der Waals surface area contributed by atoms with Crippen LogP contribution in [0.25, 0.3) is 0 Å². The lowest BCUT2D eigenvalue weighted by atomic mass is 10.0. The number of aryl methyl sites for hydroxylation is 1. The van der Waals surface area contributed by atoms with Gasteiger partial charge in [0, 0.05) is 32.1 Å². The minimum Gasteiger partial charge on any atom is -0.477 e. The second-order valence-corrected chi connectivity index (χ2v) is 9.26. The molecule has 3 rings (SSSR count). The molecule has 2 aromatic heterocycles. The highest BCUT2D eigenvalue weighted by molar-refractivity contribution is 7.17. The van der Waals surface area contributed by atoms with E-state index in [1.807, 2.05) is 11.8 Å². The van der Waals surface area contributed by atoms with Crippen LogP contribution < -0.4 is 10.2 Å². The molecule has 2 aromatic rings. The van der Waals surface area contributed by atoms with Crippen LogP contribution in [0.1, 0.15) is 44.9 Å². The van der Waals surface area contributed by atoms with Gasteiger partial charge < -0.3 is 25.0 Å². The number of piperidine rings is 1. The third kappa shape index (κ3) is 5.35. The van der Waals surface area contributed by atoms with Crippen LogP contribution in [0.2, 0.25) is 10.0 Å². The number of hydrogen-bond donors (Lipinski definition) is 3. The van der Waals surface area contributed by atoms with Crippen molar-refractivity contribution in [2.75, 3.05) is 25.1 Å². The Balaban J connectivity index is 1.80.